The van der Waals surface area contributed by atoms with Gasteiger partial charge in [0.15, 0.2) is 0 Å². The van der Waals surface area contributed by atoms with Crippen molar-refractivity contribution in [1.29, 1.82) is 0 Å². The van der Waals surface area contributed by atoms with E-state index in [4.69, 9.17) is 0 Å². The minimum absolute atomic E-state index is 1.00. The maximum Gasteiger partial charge on any atom is 0.100 e. The van der Waals surface area contributed by atoms with E-state index in [1.54, 1.807) is 7.05 Å². The Hall–Kier alpha value is -3.72. The Morgan fingerprint density at radius 2 is 1.61 bits per heavy atom. The maximum atomic E-state index is 4.51. The van der Waals surface area contributed by atoms with Crippen molar-refractivity contribution in [2.24, 2.45) is 4.99 Å². The minimum Gasteiger partial charge on any atom is -0.299 e. The SMILES string of the molecule is C/N=C/c1ccc2cc(-c3cccc(-n4cnc5ccccc54)c3)ccc2c1. The molecule has 0 fully saturated rings. The highest BCUT2D eigenvalue weighted by molar-refractivity contribution is 5.93. The third kappa shape index (κ3) is 2.87. The van der Waals surface area contributed by atoms with E-state index in [0.717, 1.165) is 22.3 Å². The minimum atomic E-state index is 1.00. The molecular weight excluding hydrogens is 342 g/mol. The zero-order chi connectivity index (χ0) is 18.9. The molecule has 0 aliphatic rings. The fourth-order valence-electron chi connectivity index (χ4n) is 3.67. The molecule has 0 bridgehead atoms. The fourth-order valence-corrected chi connectivity index (χ4v) is 3.67. The summed E-state index contributed by atoms with van der Waals surface area (Å²) >= 11 is 0. The highest BCUT2D eigenvalue weighted by Crippen LogP contribution is 2.27. The van der Waals surface area contributed by atoms with Crippen LogP contribution in [0.15, 0.2) is 96.2 Å². The van der Waals surface area contributed by atoms with Crippen LogP contribution in [-0.4, -0.2) is 22.8 Å². The van der Waals surface area contributed by atoms with Crippen LogP contribution >= 0.6 is 0 Å². The number of hydrogen-bond donors (Lipinski definition) is 0. The zero-order valence-electron chi connectivity index (χ0n) is 15.6. The first-order valence-corrected chi connectivity index (χ1v) is 9.31. The summed E-state index contributed by atoms with van der Waals surface area (Å²) in [5.74, 6) is 0. The number of nitrogens with zero attached hydrogens (tertiary/aromatic N) is 3. The molecule has 4 aromatic carbocycles. The lowest BCUT2D eigenvalue weighted by atomic mass is 10.00. The van der Waals surface area contributed by atoms with Crippen molar-refractivity contribution >= 4 is 28.0 Å². The summed E-state index contributed by atoms with van der Waals surface area (Å²) in [7, 11) is 1.80. The number of rotatable bonds is 3. The number of fused-ring (bicyclic) bond motifs is 2. The van der Waals surface area contributed by atoms with Crippen LogP contribution in [0.25, 0.3) is 38.6 Å². The molecule has 1 aromatic heterocycles. The van der Waals surface area contributed by atoms with Crippen LogP contribution in [-0.2, 0) is 0 Å². The van der Waals surface area contributed by atoms with Crippen LogP contribution in [0.5, 0.6) is 0 Å². The summed E-state index contributed by atoms with van der Waals surface area (Å²) in [6.45, 7) is 0. The van der Waals surface area contributed by atoms with Gasteiger partial charge in [-0.3, -0.25) is 9.56 Å². The van der Waals surface area contributed by atoms with Gasteiger partial charge in [0, 0.05) is 18.9 Å². The number of imidazole rings is 1. The largest absolute Gasteiger partial charge is 0.299 e. The monoisotopic (exact) mass is 361 g/mol. The van der Waals surface area contributed by atoms with E-state index in [-0.39, 0.29) is 0 Å². The van der Waals surface area contributed by atoms with Gasteiger partial charge < -0.3 is 0 Å². The van der Waals surface area contributed by atoms with Crippen LogP contribution in [0.3, 0.4) is 0 Å². The molecule has 1 heterocycles. The highest BCUT2D eigenvalue weighted by atomic mass is 15.0. The molecule has 0 atom stereocenters. The molecule has 0 saturated heterocycles. The quantitative estimate of drug-likeness (QED) is 0.368. The predicted octanol–water partition coefficient (Wildman–Crippen LogP) is 5.89. The summed E-state index contributed by atoms with van der Waals surface area (Å²) < 4.78 is 2.14. The van der Waals surface area contributed by atoms with Crippen molar-refractivity contribution < 1.29 is 0 Å². The third-order valence-corrected chi connectivity index (χ3v) is 5.05. The van der Waals surface area contributed by atoms with E-state index in [9.17, 15) is 0 Å². The van der Waals surface area contributed by atoms with E-state index < -0.39 is 0 Å². The number of aliphatic imine (C=N–C) groups is 1. The molecule has 0 aliphatic heterocycles. The van der Waals surface area contributed by atoms with Crippen LogP contribution in [0.1, 0.15) is 5.56 Å². The third-order valence-electron chi connectivity index (χ3n) is 5.05. The van der Waals surface area contributed by atoms with E-state index in [0.29, 0.717) is 0 Å². The highest BCUT2D eigenvalue weighted by Gasteiger charge is 2.06. The molecule has 3 nitrogen and oxygen atoms in total. The van der Waals surface area contributed by atoms with Gasteiger partial charge >= 0.3 is 0 Å². The molecule has 0 aliphatic carbocycles. The summed E-state index contributed by atoms with van der Waals surface area (Å²) in [6.07, 6.45) is 3.77. The van der Waals surface area contributed by atoms with Crippen molar-refractivity contribution in [3.8, 4) is 16.8 Å². The Morgan fingerprint density at radius 1 is 0.786 bits per heavy atom. The first-order valence-electron chi connectivity index (χ1n) is 9.31. The van der Waals surface area contributed by atoms with E-state index in [1.165, 1.54) is 21.9 Å². The van der Waals surface area contributed by atoms with Crippen molar-refractivity contribution in [3.05, 3.63) is 96.8 Å². The summed E-state index contributed by atoms with van der Waals surface area (Å²) in [6, 6.07) is 29.8. The van der Waals surface area contributed by atoms with E-state index >= 15 is 0 Å². The standard InChI is InChI=1S/C25H19N3/c1-26-16-18-9-10-21-14-22(12-11-20(21)13-18)19-5-4-6-23(15-19)28-17-27-24-7-2-3-8-25(24)28/h2-17H,1H3/b26-16+. The van der Waals surface area contributed by atoms with Gasteiger partial charge in [0.05, 0.1) is 11.0 Å². The molecule has 5 rings (SSSR count). The zero-order valence-corrected chi connectivity index (χ0v) is 15.6. The Balaban J connectivity index is 1.58. The first-order chi connectivity index (χ1) is 13.8. The Bertz CT molecular complexity index is 1330. The van der Waals surface area contributed by atoms with E-state index in [2.05, 4.69) is 81.3 Å². The molecule has 0 unspecified atom stereocenters. The predicted molar refractivity (Wildman–Crippen MR) is 118 cm³/mol. The lowest BCUT2D eigenvalue weighted by Crippen LogP contribution is -1.92. The lowest BCUT2D eigenvalue weighted by Gasteiger charge is -2.09. The number of benzene rings is 4. The van der Waals surface area contributed by atoms with Crippen molar-refractivity contribution in [2.45, 2.75) is 0 Å². The second kappa shape index (κ2) is 6.78. The first kappa shape index (κ1) is 16.5. The summed E-state index contributed by atoms with van der Waals surface area (Å²) in [4.78, 5) is 8.62. The molecule has 0 N–H and O–H groups in total. The average Bonchev–Trinajstić information content (AvgIpc) is 3.18. The number of hydrogen-bond acceptors (Lipinski definition) is 2. The van der Waals surface area contributed by atoms with E-state index in [1.807, 2.05) is 30.7 Å². The Morgan fingerprint density at radius 3 is 2.54 bits per heavy atom. The van der Waals surface area contributed by atoms with Crippen LogP contribution < -0.4 is 0 Å². The topological polar surface area (TPSA) is 30.2 Å². The number of aromatic nitrogens is 2. The lowest BCUT2D eigenvalue weighted by molar-refractivity contribution is 1.09. The fraction of sp³-hybridized carbons (Fsp3) is 0.0400. The van der Waals surface area contributed by atoms with Crippen molar-refractivity contribution in [1.82, 2.24) is 9.55 Å². The van der Waals surface area contributed by atoms with Gasteiger partial charge in [0.1, 0.15) is 6.33 Å². The molecule has 3 heteroatoms. The second-order valence-electron chi connectivity index (χ2n) is 6.86. The average molecular weight is 361 g/mol. The van der Waals surface area contributed by atoms with Gasteiger partial charge in [0.2, 0.25) is 0 Å². The van der Waals surface area contributed by atoms with Crippen LogP contribution in [0.4, 0.5) is 0 Å². The van der Waals surface area contributed by atoms with Gasteiger partial charge in [-0.25, -0.2) is 4.98 Å². The molecule has 5 aromatic rings. The van der Waals surface area contributed by atoms with Crippen molar-refractivity contribution in [2.75, 3.05) is 7.05 Å². The van der Waals surface area contributed by atoms with Crippen LogP contribution in [0, 0.1) is 0 Å². The number of para-hydroxylation sites is 2. The molecule has 0 spiro atoms. The second-order valence-corrected chi connectivity index (χ2v) is 6.86. The Labute approximate surface area is 163 Å². The van der Waals surface area contributed by atoms with Gasteiger partial charge in [-0.15, -0.1) is 0 Å². The van der Waals surface area contributed by atoms with Crippen molar-refractivity contribution in [3.63, 3.8) is 0 Å². The summed E-state index contributed by atoms with van der Waals surface area (Å²) in [5, 5.41) is 2.45. The molecule has 0 amide bonds. The molecular formula is C25H19N3. The molecule has 134 valence electrons. The molecule has 0 radical (unpaired) electrons. The normalized spacial score (nSPS) is 11.6. The van der Waals surface area contributed by atoms with Gasteiger partial charge in [-0.1, -0.05) is 48.5 Å². The Kier molecular flexibility index (Phi) is 3.99. The molecule has 0 saturated carbocycles. The van der Waals surface area contributed by atoms with Gasteiger partial charge in [-0.05, 0) is 63.9 Å². The summed E-state index contributed by atoms with van der Waals surface area (Å²) in [5.41, 5.74) is 6.75. The maximum absolute atomic E-state index is 4.51. The van der Waals surface area contributed by atoms with Crippen LogP contribution in [0.2, 0.25) is 0 Å². The van der Waals surface area contributed by atoms with Gasteiger partial charge in [-0.2, -0.15) is 0 Å². The molecule has 28 heavy (non-hydrogen) atoms. The smallest absolute Gasteiger partial charge is 0.100 e. The van der Waals surface area contributed by atoms with Gasteiger partial charge in [0.25, 0.3) is 0 Å².